The number of fused-ring (bicyclic) bond motifs is 3. The summed E-state index contributed by atoms with van der Waals surface area (Å²) in [6, 6.07) is 0.349. The first-order valence-corrected chi connectivity index (χ1v) is 12.1. The minimum atomic E-state index is -2.73. The summed E-state index contributed by atoms with van der Waals surface area (Å²) >= 11 is 0. The molecule has 0 heterocycles. The number of nitrogens with zero attached hydrogens (tertiary/aromatic N) is 2. The molecule has 12 nitrogen and oxygen atoms in total. The molecule has 0 fully saturated rings. The molecule has 6 N–H and O–H groups in total. The molecular formula is C26H31N3O9. The van der Waals surface area contributed by atoms with Crippen LogP contribution in [0.25, 0.3) is 0 Å². The molecule has 3 aliphatic rings. The molecule has 0 spiro atoms. The van der Waals surface area contributed by atoms with Crippen LogP contribution in [0.15, 0.2) is 28.7 Å². The molecule has 38 heavy (non-hydrogen) atoms. The number of benzene rings is 1. The Balaban J connectivity index is 1.99. The predicted molar refractivity (Wildman–Crippen MR) is 134 cm³/mol. The number of phenols is 1. The molecule has 1 amide bonds. The molecule has 1 aromatic rings. The minimum absolute atomic E-state index is 0.0285. The summed E-state index contributed by atoms with van der Waals surface area (Å²) in [7, 11) is 6.52. The van der Waals surface area contributed by atoms with Crippen LogP contribution in [0.1, 0.15) is 39.6 Å². The molecule has 0 unspecified atom stereocenters. The van der Waals surface area contributed by atoms with Gasteiger partial charge in [0.25, 0.3) is 5.91 Å². The Morgan fingerprint density at radius 2 is 1.79 bits per heavy atom. The van der Waals surface area contributed by atoms with Gasteiger partial charge in [-0.25, -0.2) is 4.79 Å². The van der Waals surface area contributed by atoms with Gasteiger partial charge >= 0.3 is 5.97 Å². The first kappa shape index (κ1) is 27.1. The highest BCUT2D eigenvalue weighted by Gasteiger charge is 2.63. The zero-order valence-corrected chi connectivity index (χ0v) is 21.7. The third-order valence-electron chi connectivity index (χ3n) is 7.68. The molecule has 4 atom stereocenters. The fourth-order valence-corrected chi connectivity index (χ4v) is 6.06. The van der Waals surface area contributed by atoms with Gasteiger partial charge < -0.3 is 35.8 Å². The number of hydrogen-bond acceptors (Lipinski definition) is 11. The number of carbonyl (C=O) groups excluding carboxylic acids is 4. The van der Waals surface area contributed by atoms with Crippen molar-refractivity contribution < 1.29 is 44.3 Å². The number of amides is 1. The number of anilines is 1. The van der Waals surface area contributed by atoms with Crippen molar-refractivity contribution in [2.75, 3.05) is 39.7 Å². The molecule has 0 saturated carbocycles. The third kappa shape index (κ3) is 3.58. The Morgan fingerprint density at radius 1 is 1.16 bits per heavy atom. The monoisotopic (exact) mass is 529 g/mol. The number of rotatable bonds is 5. The fourth-order valence-electron chi connectivity index (χ4n) is 6.06. The Morgan fingerprint density at radius 3 is 2.32 bits per heavy atom. The number of ether oxygens (including phenoxy) is 1. The maximum Gasteiger partial charge on any atom is 0.342 e. The standard InChI is InChI=1S/C26H31N3O9/c1-6-38-25(36)12-9-14(28(2)3)11-7-10-8-13-18(29(4)5)21(32)17(24(27)35)23(34)26(13,37)22(33)15(10)20(31)16(11)19(12)30/h9-10,13,18,30,32-33,37H,6-8H2,1-5H3,(H2,27,35)/t10-,13-,18-,26-/m0/s1. The van der Waals surface area contributed by atoms with Crippen LogP contribution < -0.4 is 10.6 Å². The van der Waals surface area contributed by atoms with E-state index in [4.69, 9.17) is 10.5 Å². The molecule has 3 aliphatic carbocycles. The summed E-state index contributed by atoms with van der Waals surface area (Å²) in [6.07, 6.45) is 0.0811. The van der Waals surface area contributed by atoms with Gasteiger partial charge in [-0.15, -0.1) is 0 Å². The van der Waals surface area contributed by atoms with E-state index in [-0.39, 0.29) is 36.1 Å². The van der Waals surface area contributed by atoms with Gasteiger partial charge in [0.1, 0.15) is 28.4 Å². The largest absolute Gasteiger partial charge is 0.510 e. The van der Waals surface area contributed by atoms with Crippen LogP contribution in [0.2, 0.25) is 0 Å². The summed E-state index contributed by atoms with van der Waals surface area (Å²) < 4.78 is 5.02. The Bertz CT molecular complexity index is 1340. The summed E-state index contributed by atoms with van der Waals surface area (Å²) in [5.74, 6) is -8.41. The second kappa shape index (κ2) is 9.14. The molecular weight excluding hydrogens is 498 g/mol. The Hall–Kier alpha value is -3.90. The van der Waals surface area contributed by atoms with Crippen LogP contribution in [0, 0.1) is 11.8 Å². The number of phenolic OH excluding ortho intramolecular Hbond substituents is 1. The van der Waals surface area contributed by atoms with Gasteiger partial charge in [-0.05, 0) is 51.4 Å². The number of primary amides is 1. The van der Waals surface area contributed by atoms with E-state index in [9.17, 15) is 39.6 Å². The molecule has 4 rings (SSSR count). The van der Waals surface area contributed by atoms with E-state index in [0.29, 0.717) is 11.3 Å². The lowest BCUT2D eigenvalue weighted by atomic mass is 9.58. The van der Waals surface area contributed by atoms with Crippen LogP contribution >= 0.6 is 0 Å². The number of nitrogens with two attached hydrogens (primary N) is 1. The number of aliphatic hydroxyl groups is 3. The summed E-state index contributed by atoms with van der Waals surface area (Å²) in [6.45, 7) is 1.62. The lowest BCUT2D eigenvalue weighted by Crippen LogP contribution is -2.63. The number of allylic oxidation sites excluding steroid dienone is 1. The van der Waals surface area contributed by atoms with Crippen LogP contribution in [0.4, 0.5) is 5.69 Å². The Labute approximate surface area is 218 Å². The average Bonchev–Trinajstić information content (AvgIpc) is 2.81. The van der Waals surface area contributed by atoms with E-state index < -0.39 is 69.8 Å². The zero-order valence-electron chi connectivity index (χ0n) is 21.7. The van der Waals surface area contributed by atoms with E-state index in [1.165, 1.54) is 11.0 Å². The van der Waals surface area contributed by atoms with Crippen molar-refractivity contribution in [1.29, 1.82) is 0 Å². The topological polar surface area (TPSA) is 191 Å². The zero-order chi connectivity index (χ0) is 28.4. The number of ketones is 2. The van der Waals surface area contributed by atoms with Crippen molar-refractivity contribution in [3.8, 4) is 5.75 Å². The van der Waals surface area contributed by atoms with Crippen molar-refractivity contribution in [2.24, 2.45) is 17.6 Å². The molecule has 0 radical (unpaired) electrons. The third-order valence-corrected chi connectivity index (χ3v) is 7.68. The quantitative estimate of drug-likeness (QED) is 0.261. The van der Waals surface area contributed by atoms with Gasteiger partial charge in [-0.1, -0.05) is 0 Å². The van der Waals surface area contributed by atoms with Crippen molar-refractivity contribution in [3.63, 3.8) is 0 Å². The number of hydrogen-bond donors (Lipinski definition) is 5. The second-order valence-electron chi connectivity index (χ2n) is 10.2. The van der Waals surface area contributed by atoms with Crippen LogP contribution in [0.5, 0.6) is 5.75 Å². The van der Waals surface area contributed by atoms with Gasteiger partial charge in [-0.3, -0.25) is 19.3 Å². The fraction of sp³-hybridized carbons (Fsp3) is 0.462. The van der Waals surface area contributed by atoms with Crippen molar-refractivity contribution >= 4 is 29.1 Å². The summed E-state index contributed by atoms with van der Waals surface area (Å²) in [5, 5.41) is 44.9. The highest BCUT2D eigenvalue weighted by Crippen LogP contribution is 2.53. The second-order valence-corrected chi connectivity index (χ2v) is 10.2. The highest BCUT2D eigenvalue weighted by molar-refractivity contribution is 6.25. The molecule has 0 saturated heterocycles. The highest BCUT2D eigenvalue weighted by atomic mass is 16.5. The predicted octanol–water partition coefficient (Wildman–Crippen LogP) is 0.363. The molecule has 0 aliphatic heterocycles. The minimum Gasteiger partial charge on any atom is -0.510 e. The molecule has 0 bridgehead atoms. The number of carbonyl (C=O) groups is 4. The smallest absolute Gasteiger partial charge is 0.342 e. The van der Waals surface area contributed by atoms with E-state index in [0.717, 1.165) is 0 Å². The molecule has 12 heteroatoms. The lowest BCUT2D eigenvalue weighted by Gasteiger charge is -2.50. The van der Waals surface area contributed by atoms with Crippen molar-refractivity contribution in [2.45, 2.75) is 31.4 Å². The maximum atomic E-state index is 13.9. The summed E-state index contributed by atoms with van der Waals surface area (Å²) in [5.41, 5.74) is 1.82. The van der Waals surface area contributed by atoms with E-state index in [2.05, 4.69) is 0 Å². The van der Waals surface area contributed by atoms with Crippen molar-refractivity contribution in [3.05, 3.63) is 45.4 Å². The number of aromatic hydroxyl groups is 1. The first-order valence-electron chi connectivity index (χ1n) is 12.1. The Kier molecular flexibility index (Phi) is 6.53. The SMILES string of the molecule is CCOC(=O)c1cc(N(C)C)c2c(c1O)C(=O)C1=C(O)[C@]3(O)C(=O)C(C(N)=O)=C(O)[C@@H](N(C)C)[C@@H]3C[C@@H]1C2. The maximum absolute atomic E-state index is 13.9. The number of aliphatic hydroxyl groups excluding tert-OH is 2. The van der Waals surface area contributed by atoms with Gasteiger partial charge in [-0.2, -0.15) is 0 Å². The number of likely N-dealkylation sites (N-methyl/N-ethyl adjacent to an activating group) is 1. The van der Waals surface area contributed by atoms with Gasteiger partial charge in [0.15, 0.2) is 11.4 Å². The van der Waals surface area contributed by atoms with Crippen molar-refractivity contribution in [1.82, 2.24) is 4.90 Å². The number of esters is 1. The lowest BCUT2D eigenvalue weighted by molar-refractivity contribution is -0.148. The van der Waals surface area contributed by atoms with E-state index in [1.54, 1.807) is 40.0 Å². The molecule has 0 aromatic heterocycles. The average molecular weight is 530 g/mol. The van der Waals surface area contributed by atoms with Gasteiger partial charge in [0.2, 0.25) is 5.78 Å². The van der Waals surface area contributed by atoms with E-state index >= 15 is 0 Å². The van der Waals surface area contributed by atoms with Crippen LogP contribution in [0.3, 0.4) is 0 Å². The molecule has 204 valence electrons. The van der Waals surface area contributed by atoms with Crippen LogP contribution in [-0.2, 0) is 20.7 Å². The van der Waals surface area contributed by atoms with Gasteiger partial charge in [0, 0.05) is 31.3 Å². The van der Waals surface area contributed by atoms with Crippen LogP contribution in [-0.4, -0.2) is 95.2 Å². The van der Waals surface area contributed by atoms with E-state index in [1.807, 2.05) is 0 Å². The van der Waals surface area contributed by atoms with Gasteiger partial charge in [0.05, 0.1) is 18.2 Å². The number of Topliss-reactive ketones (excluding diaryl/α,β-unsaturated/α-hetero) is 2. The normalized spacial score (nSPS) is 26.7. The summed E-state index contributed by atoms with van der Waals surface area (Å²) in [4.78, 5) is 55.0. The molecule has 1 aromatic carbocycles. The first-order chi connectivity index (χ1) is 17.7.